The summed E-state index contributed by atoms with van der Waals surface area (Å²) in [7, 11) is 0. The molecule has 0 aliphatic heterocycles. The van der Waals surface area contributed by atoms with Gasteiger partial charge in [-0.25, -0.2) is 0 Å². The molecule has 1 aliphatic carbocycles. The molecular weight excluding hydrogens is 324 g/mol. The molecule has 0 saturated heterocycles. The van der Waals surface area contributed by atoms with Gasteiger partial charge in [-0.2, -0.15) is 0 Å². The molecule has 117 valence electrons. The topological polar surface area (TPSA) is 0 Å². The number of allylic oxidation sites excluding steroid dienone is 1. The van der Waals surface area contributed by atoms with Crippen molar-refractivity contribution in [3.63, 3.8) is 0 Å². The van der Waals surface area contributed by atoms with Crippen LogP contribution in [0.25, 0.3) is 6.08 Å². The Hall–Kier alpha value is -1.89. The molecular formula is C23H21Ti. The third kappa shape index (κ3) is 4.80. The van der Waals surface area contributed by atoms with Gasteiger partial charge in [-0.15, -0.1) is 0 Å². The molecule has 3 aromatic rings. The summed E-state index contributed by atoms with van der Waals surface area (Å²) in [6, 6.07) is 29.8. The van der Waals surface area contributed by atoms with Gasteiger partial charge in [-0.3, -0.25) is 0 Å². The SMILES string of the molecule is [Ti][C@H]1C=Cc2ccccc21.c1ccc(CCc2ccccc2)cc1. The van der Waals surface area contributed by atoms with Crippen molar-refractivity contribution in [2.45, 2.75) is 17.1 Å². The molecule has 0 bridgehead atoms. The predicted octanol–water partition coefficient (Wildman–Crippen LogP) is 5.77. The molecule has 0 saturated carbocycles. The Kier molecular flexibility index (Phi) is 6.23. The van der Waals surface area contributed by atoms with Gasteiger partial charge in [-0.05, 0) is 24.0 Å². The summed E-state index contributed by atoms with van der Waals surface area (Å²) in [4.78, 5) is 0. The molecule has 1 atom stereocenters. The summed E-state index contributed by atoms with van der Waals surface area (Å²) in [6.45, 7) is 0. The zero-order valence-corrected chi connectivity index (χ0v) is 15.3. The Balaban J connectivity index is 0.000000149. The molecule has 0 spiro atoms. The molecule has 0 heterocycles. The zero-order chi connectivity index (χ0) is 16.6. The van der Waals surface area contributed by atoms with Crippen molar-refractivity contribution in [2.75, 3.05) is 0 Å². The van der Waals surface area contributed by atoms with Crippen LogP contribution in [0, 0.1) is 0 Å². The van der Waals surface area contributed by atoms with Crippen LogP contribution in [0.15, 0.2) is 91.0 Å². The standard InChI is InChI=1S/C14H14.C9H7.Ti/c1-3-7-13(8-4-1)11-12-14-9-5-2-6-10-14;1-2-5-9-7-3-6-8(9)4-1;/h1-10H,11-12H2;1-7H;. The van der Waals surface area contributed by atoms with Crippen LogP contribution in [-0.2, 0) is 33.3 Å². The van der Waals surface area contributed by atoms with E-state index < -0.39 is 0 Å². The van der Waals surface area contributed by atoms with Crippen LogP contribution in [0.1, 0.15) is 26.5 Å². The molecule has 0 aromatic heterocycles. The maximum Gasteiger partial charge on any atom is -0.0238 e. The van der Waals surface area contributed by atoms with E-state index >= 15 is 0 Å². The first kappa shape index (κ1) is 17.0. The largest absolute Gasteiger partial charge is 0.0622 e. The first-order chi connectivity index (χ1) is 11.8. The molecule has 0 N–H and O–H groups in total. The fourth-order valence-electron chi connectivity index (χ4n) is 2.83. The van der Waals surface area contributed by atoms with E-state index in [1.165, 1.54) is 22.3 Å². The first-order valence-electron chi connectivity index (χ1n) is 8.39. The third-order valence-corrected chi connectivity index (χ3v) is 4.97. The van der Waals surface area contributed by atoms with Gasteiger partial charge >= 0.3 is 72.2 Å². The number of hydrogen-bond donors (Lipinski definition) is 0. The van der Waals surface area contributed by atoms with Crippen molar-refractivity contribution >= 4 is 6.08 Å². The molecule has 4 rings (SSSR count). The van der Waals surface area contributed by atoms with Crippen molar-refractivity contribution in [1.29, 1.82) is 0 Å². The summed E-state index contributed by atoms with van der Waals surface area (Å²) < 4.78 is 0.621. The Morgan fingerprint density at radius 1 is 0.625 bits per heavy atom. The van der Waals surface area contributed by atoms with Crippen molar-refractivity contribution in [3.8, 4) is 0 Å². The summed E-state index contributed by atoms with van der Waals surface area (Å²) in [5.41, 5.74) is 5.67. The van der Waals surface area contributed by atoms with Crippen molar-refractivity contribution in [1.82, 2.24) is 0 Å². The van der Waals surface area contributed by atoms with Gasteiger partial charge in [0.05, 0.1) is 0 Å². The van der Waals surface area contributed by atoms with E-state index in [1.54, 1.807) is 0 Å². The van der Waals surface area contributed by atoms with E-state index in [1.807, 2.05) is 0 Å². The molecule has 3 aromatic carbocycles. The normalized spacial score (nSPS) is 14.5. The van der Waals surface area contributed by atoms with Crippen molar-refractivity contribution in [2.24, 2.45) is 0 Å². The maximum absolute atomic E-state index is 2.24. The number of fused-ring (bicyclic) bond motifs is 1. The molecule has 0 fully saturated rings. The van der Waals surface area contributed by atoms with Gasteiger partial charge in [0, 0.05) is 0 Å². The smallest absolute Gasteiger partial charge is 0.0238 e. The number of rotatable bonds is 3. The molecule has 1 aliphatic rings. The van der Waals surface area contributed by atoms with Gasteiger partial charge in [0.25, 0.3) is 0 Å². The molecule has 0 nitrogen and oxygen atoms in total. The Morgan fingerprint density at radius 2 is 1.12 bits per heavy atom. The van der Waals surface area contributed by atoms with Crippen LogP contribution in [0.3, 0.4) is 0 Å². The molecule has 0 amide bonds. The predicted molar refractivity (Wildman–Crippen MR) is 98.5 cm³/mol. The molecule has 0 radical (unpaired) electrons. The second-order valence-electron chi connectivity index (χ2n) is 5.94. The van der Waals surface area contributed by atoms with Crippen LogP contribution in [0.2, 0.25) is 0 Å². The van der Waals surface area contributed by atoms with Gasteiger partial charge in [0.2, 0.25) is 0 Å². The fourth-order valence-corrected chi connectivity index (χ4v) is 3.39. The summed E-state index contributed by atoms with van der Waals surface area (Å²) >= 11 is 2.22. The average Bonchev–Trinajstić information content (AvgIpc) is 3.04. The van der Waals surface area contributed by atoms with Crippen molar-refractivity contribution < 1.29 is 20.4 Å². The Bertz CT molecular complexity index is 736. The quantitative estimate of drug-likeness (QED) is 0.529. The monoisotopic (exact) mass is 345 g/mol. The van der Waals surface area contributed by atoms with Crippen LogP contribution >= 0.6 is 0 Å². The van der Waals surface area contributed by atoms with Crippen LogP contribution < -0.4 is 0 Å². The van der Waals surface area contributed by atoms with E-state index in [9.17, 15) is 0 Å². The van der Waals surface area contributed by atoms with E-state index in [2.05, 4.69) is 118 Å². The van der Waals surface area contributed by atoms with E-state index in [4.69, 9.17) is 0 Å². The van der Waals surface area contributed by atoms with Crippen molar-refractivity contribution in [3.05, 3.63) is 113 Å². The number of benzene rings is 3. The average molecular weight is 345 g/mol. The minimum absolute atomic E-state index is 0.621. The van der Waals surface area contributed by atoms with Gasteiger partial charge in [0.1, 0.15) is 0 Å². The molecule has 1 heteroatoms. The van der Waals surface area contributed by atoms with Crippen LogP contribution in [0.4, 0.5) is 0 Å². The first-order valence-corrected chi connectivity index (χ1v) is 9.29. The Labute approximate surface area is 156 Å². The van der Waals surface area contributed by atoms with Gasteiger partial charge in [0.15, 0.2) is 0 Å². The minimum Gasteiger partial charge on any atom is -0.0622 e. The second-order valence-corrected chi connectivity index (χ2v) is 6.91. The van der Waals surface area contributed by atoms with E-state index in [-0.39, 0.29) is 0 Å². The Morgan fingerprint density at radius 3 is 1.67 bits per heavy atom. The maximum atomic E-state index is 2.24. The summed E-state index contributed by atoms with van der Waals surface area (Å²) in [6.07, 6.45) is 6.69. The fraction of sp³-hybridized carbons (Fsp3) is 0.130. The molecule has 24 heavy (non-hydrogen) atoms. The second kappa shape index (κ2) is 8.82. The molecule has 0 unspecified atom stereocenters. The number of aryl methyl sites for hydroxylation is 2. The third-order valence-electron chi connectivity index (χ3n) is 4.19. The van der Waals surface area contributed by atoms with E-state index in [0.717, 1.165) is 12.8 Å². The van der Waals surface area contributed by atoms with Gasteiger partial charge in [-0.1, -0.05) is 60.7 Å². The zero-order valence-electron chi connectivity index (χ0n) is 13.7. The number of hydrogen-bond acceptors (Lipinski definition) is 0. The van der Waals surface area contributed by atoms with Crippen LogP contribution in [-0.4, -0.2) is 0 Å². The van der Waals surface area contributed by atoms with Crippen LogP contribution in [0.5, 0.6) is 0 Å². The summed E-state index contributed by atoms with van der Waals surface area (Å²) in [5, 5.41) is 0. The van der Waals surface area contributed by atoms with Gasteiger partial charge < -0.3 is 0 Å². The summed E-state index contributed by atoms with van der Waals surface area (Å²) in [5.74, 6) is 0. The van der Waals surface area contributed by atoms with E-state index in [0.29, 0.717) is 4.22 Å². The minimum atomic E-state index is 0.621.